The first-order chi connectivity index (χ1) is 13.4. The fourth-order valence-corrected chi connectivity index (χ4v) is 3.49. The highest BCUT2D eigenvalue weighted by Crippen LogP contribution is 2.26. The van der Waals surface area contributed by atoms with Crippen molar-refractivity contribution in [2.45, 2.75) is 52.0 Å². The minimum absolute atomic E-state index is 0.00244. The Balaban J connectivity index is 1.57. The molecule has 1 saturated carbocycles. The maximum atomic E-state index is 14.1. The molecule has 2 aromatic heterocycles. The van der Waals surface area contributed by atoms with Crippen molar-refractivity contribution in [3.05, 3.63) is 23.9 Å². The van der Waals surface area contributed by atoms with E-state index in [4.69, 9.17) is 4.74 Å². The summed E-state index contributed by atoms with van der Waals surface area (Å²) >= 11 is 0. The average molecular weight is 390 g/mol. The van der Waals surface area contributed by atoms with Gasteiger partial charge in [-0.3, -0.25) is 9.48 Å². The number of aromatic nitrogens is 4. The molecule has 2 heterocycles. The molecule has 2 aromatic rings. The predicted molar refractivity (Wildman–Crippen MR) is 103 cm³/mol. The Morgan fingerprint density at radius 1 is 1.36 bits per heavy atom. The zero-order chi connectivity index (χ0) is 20.1. The van der Waals surface area contributed by atoms with Gasteiger partial charge in [0.2, 0.25) is 17.7 Å². The van der Waals surface area contributed by atoms with Crippen molar-refractivity contribution in [1.29, 1.82) is 0 Å². The fourth-order valence-electron chi connectivity index (χ4n) is 3.49. The topological polar surface area (TPSA) is 94.0 Å². The molecule has 1 aliphatic carbocycles. The van der Waals surface area contributed by atoms with Crippen molar-refractivity contribution in [1.82, 2.24) is 25.1 Å². The summed E-state index contributed by atoms with van der Waals surface area (Å²) < 4.78 is 21.4. The van der Waals surface area contributed by atoms with Crippen molar-refractivity contribution in [3.8, 4) is 5.88 Å². The number of hydrogen-bond donors (Lipinski definition) is 2. The van der Waals surface area contributed by atoms with Crippen molar-refractivity contribution >= 4 is 17.5 Å². The van der Waals surface area contributed by atoms with E-state index in [0.29, 0.717) is 12.5 Å². The maximum Gasteiger partial charge on any atom is 0.255 e. The number of nitrogens with one attached hydrogen (secondary N) is 2. The van der Waals surface area contributed by atoms with Crippen molar-refractivity contribution < 1.29 is 13.9 Å². The van der Waals surface area contributed by atoms with Gasteiger partial charge in [0.15, 0.2) is 0 Å². The molecule has 152 valence electrons. The number of ether oxygens (including phenoxy) is 1. The van der Waals surface area contributed by atoms with Crippen LogP contribution in [0.4, 0.5) is 16.0 Å². The molecular formula is C19H27FN6O2. The first-order valence-corrected chi connectivity index (χ1v) is 9.66. The molecule has 0 aromatic carbocycles. The molecule has 0 radical (unpaired) electrons. The van der Waals surface area contributed by atoms with E-state index in [9.17, 15) is 9.18 Å². The van der Waals surface area contributed by atoms with Gasteiger partial charge in [0.05, 0.1) is 24.2 Å². The molecule has 8 nitrogen and oxygen atoms in total. The highest BCUT2D eigenvalue weighted by Gasteiger charge is 2.23. The molecule has 0 unspecified atom stereocenters. The largest absolute Gasteiger partial charge is 0.475 e. The summed E-state index contributed by atoms with van der Waals surface area (Å²) in [4.78, 5) is 19.3. The van der Waals surface area contributed by atoms with Gasteiger partial charge in [0.25, 0.3) is 5.88 Å². The maximum absolute atomic E-state index is 14.1. The van der Waals surface area contributed by atoms with Gasteiger partial charge in [-0.1, -0.05) is 6.92 Å². The molecule has 9 heteroatoms. The number of halogens is 1. The summed E-state index contributed by atoms with van der Waals surface area (Å²) in [6.07, 6.45) is 7.38. The number of carbonyl (C=O) groups excluding carboxylic acids is 1. The van der Waals surface area contributed by atoms with Crippen LogP contribution in [0.2, 0.25) is 0 Å². The SMILES string of the molecule is CCc1nn(C)cc1Nc1ncc(F)c(OCC2CCC(NC(C)=O)CC2)n1. The Kier molecular flexibility index (Phi) is 6.43. The van der Waals surface area contributed by atoms with Crippen molar-refractivity contribution in [2.24, 2.45) is 13.0 Å². The van der Waals surface area contributed by atoms with Crippen molar-refractivity contribution in [3.63, 3.8) is 0 Å². The van der Waals surface area contributed by atoms with Crippen LogP contribution >= 0.6 is 0 Å². The second kappa shape index (κ2) is 8.99. The first-order valence-electron chi connectivity index (χ1n) is 9.66. The normalized spacial score (nSPS) is 19.3. The number of rotatable bonds is 7. The van der Waals surface area contributed by atoms with Gasteiger partial charge >= 0.3 is 0 Å². The summed E-state index contributed by atoms with van der Waals surface area (Å²) in [7, 11) is 1.84. The number of carbonyl (C=O) groups is 1. The van der Waals surface area contributed by atoms with Crippen molar-refractivity contribution in [2.75, 3.05) is 11.9 Å². The van der Waals surface area contributed by atoms with Crippen LogP contribution in [-0.2, 0) is 18.3 Å². The van der Waals surface area contributed by atoms with E-state index in [1.807, 2.05) is 20.2 Å². The van der Waals surface area contributed by atoms with E-state index >= 15 is 0 Å². The molecular weight excluding hydrogens is 363 g/mol. The van der Waals surface area contributed by atoms with E-state index < -0.39 is 5.82 Å². The fraction of sp³-hybridized carbons (Fsp3) is 0.579. The van der Waals surface area contributed by atoms with Gasteiger partial charge in [-0.25, -0.2) is 4.98 Å². The van der Waals surface area contributed by atoms with Crippen LogP contribution in [0.5, 0.6) is 5.88 Å². The second-order valence-corrected chi connectivity index (χ2v) is 7.22. The van der Waals surface area contributed by atoms with Gasteiger partial charge in [-0.15, -0.1) is 0 Å². The molecule has 0 spiro atoms. The molecule has 3 rings (SSSR count). The van der Waals surface area contributed by atoms with E-state index in [0.717, 1.165) is 49.7 Å². The average Bonchev–Trinajstić information content (AvgIpc) is 3.02. The summed E-state index contributed by atoms with van der Waals surface area (Å²) in [5.74, 6) is -0.0419. The lowest BCUT2D eigenvalue weighted by Crippen LogP contribution is -2.37. The quantitative estimate of drug-likeness (QED) is 0.755. The molecule has 0 atom stereocenters. The third kappa shape index (κ3) is 5.17. The Labute approximate surface area is 163 Å². The van der Waals surface area contributed by atoms with E-state index in [1.165, 1.54) is 6.92 Å². The van der Waals surface area contributed by atoms with E-state index in [-0.39, 0.29) is 23.8 Å². The van der Waals surface area contributed by atoms with E-state index in [1.54, 1.807) is 4.68 Å². The molecule has 1 fully saturated rings. The Morgan fingerprint density at radius 3 is 2.79 bits per heavy atom. The van der Waals surface area contributed by atoms with Gasteiger partial charge < -0.3 is 15.4 Å². The van der Waals surface area contributed by atoms with Gasteiger partial charge in [-0.2, -0.15) is 14.5 Å². The van der Waals surface area contributed by atoms with Gasteiger partial charge in [0.1, 0.15) is 0 Å². The third-order valence-corrected chi connectivity index (χ3v) is 4.91. The number of anilines is 2. The summed E-state index contributed by atoms with van der Waals surface area (Å²) in [6, 6.07) is 0.229. The third-order valence-electron chi connectivity index (χ3n) is 4.91. The molecule has 1 aliphatic rings. The molecule has 28 heavy (non-hydrogen) atoms. The Bertz CT molecular complexity index is 817. The smallest absolute Gasteiger partial charge is 0.255 e. The molecule has 0 saturated heterocycles. The second-order valence-electron chi connectivity index (χ2n) is 7.22. The predicted octanol–water partition coefficient (Wildman–Crippen LogP) is 2.73. The molecule has 0 aliphatic heterocycles. The summed E-state index contributed by atoms with van der Waals surface area (Å²) in [6.45, 7) is 3.94. The van der Waals surface area contributed by atoms with Crippen LogP contribution in [0.15, 0.2) is 12.4 Å². The molecule has 0 bridgehead atoms. The lowest BCUT2D eigenvalue weighted by atomic mass is 9.86. The lowest BCUT2D eigenvalue weighted by Gasteiger charge is -2.28. The standard InChI is InChI=1S/C19H27FN6O2/c1-4-16-17(10-26(3)25-16)23-19-21-9-15(20)18(24-19)28-11-13-5-7-14(8-6-13)22-12(2)27/h9-10,13-14H,4-8,11H2,1-3H3,(H,22,27)(H,21,23,24). The first kappa shape index (κ1) is 20.0. The number of nitrogens with zero attached hydrogens (tertiary/aromatic N) is 4. The van der Waals surface area contributed by atoms with Crippen LogP contribution in [-0.4, -0.2) is 38.3 Å². The number of amides is 1. The van der Waals surface area contributed by atoms with Gasteiger partial charge in [-0.05, 0) is 38.0 Å². The highest BCUT2D eigenvalue weighted by atomic mass is 19.1. The zero-order valence-corrected chi connectivity index (χ0v) is 16.5. The molecule has 1 amide bonds. The summed E-state index contributed by atoms with van der Waals surface area (Å²) in [5.41, 5.74) is 1.67. The van der Waals surface area contributed by atoms with Crippen LogP contribution in [0.3, 0.4) is 0 Å². The minimum Gasteiger partial charge on any atom is -0.475 e. The number of aryl methyl sites for hydroxylation is 2. The molecule has 2 N–H and O–H groups in total. The Morgan fingerprint density at radius 2 is 2.11 bits per heavy atom. The lowest BCUT2D eigenvalue weighted by molar-refractivity contribution is -0.119. The summed E-state index contributed by atoms with van der Waals surface area (Å²) in [5, 5.41) is 10.4. The van der Waals surface area contributed by atoms with E-state index in [2.05, 4.69) is 25.7 Å². The monoisotopic (exact) mass is 390 g/mol. The van der Waals surface area contributed by atoms with Crippen LogP contribution in [0.25, 0.3) is 0 Å². The minimum atomic E-state index is -0.584. The zero-order valence-electron chi connectivity index (χ0n) is 16.5. The Hall–Kier alpha value is -2.71. The number of hydrogen-bond acceptors (Lipinski definition) is 6. The van der Waals surface area contributed by atoms with Gasteiger partial charge in [0, 0.05) is 26.2 Å². The highest BCUT2D eigenvalue weighted by molar-refractivity contribution is 5.73. The van der Waals surface area contributed by atoms with Crippen LogP contribution < -0.4 is 15.4 Å². The van der Waals surface area contributed by atoms with Crippen LogP contribution in [0.1, 0.15) is 45.2 Å². The van der Waals surface area contributed by atoms with Crippen LogP contribution in [0, 0.1) is 11.7 Å².